The van der Waals surface area contributed by atoms with Crippen molar-refractivity contribution in [2.45, 2.75) is 44.4 Å². The van der Waals surface area contributed by atoms with Crippen molar-refractivity contribution in [3.05, 3.63) is 74.9 Å². The molecule has 37 heavy (non-hydrogen) atoms. The van der Waals surface area contributed by atoms with Gasteiger partial charge in [0.1, 0.15) is 18.2 Å². The Balaban J connectivity index is 1.34. The second-order valence-electron chi connectivity index (χ2n) is 9.35. The monoisotopic (exact) mass is 544 g/mol. The Kier molecular flexibility index (Phi) is 7.39. The van der Waals surface area contributed by atoms with Crippen LogP contribution in [0.4, 0.5) is 5.82 Å². The summed E-state index contributed by atoms with van der Waals surface area (Å²) in [4.78, 5) is 23.5. The van der Waals surface area contributed by atoms with Gasteiger partial charge in [0.2, 0.25) is 5.78 Å². The normalized spacial score (nSPS) is 23.5. The molecule has 10 nitrogen and oxygen atoms in total. The Bertz CT molecular complexity index is 1410. The second-order valence-corrected chi connectivity index (χ2v) is 11.8. The van der Waals surface area contributed by atoms with Crippen molar-refractivity contribution in [1.29, 1.82) is 0 Å². The molecule has 0 radical (unpaired) electrons. The third-order valence-corrected chi connectivity index (χ3v) is 8.39. The lowest BCUT2D eigenvalue weighted by Crippen LogP contribution is -2.24. The second kappa shape index (κ2) is 10.6. The van der Waals surface area contributed by atoms with E-state index in [2.05, 4.69) is 31.6 Å². The van der Waals surface area contributed by atoms with Crippen LogP contribution >= 0.6 is 11.3 Å². The number of nitrogens with two attached hydrogens (primary N) is 1. The molecule has 1 aliphatic heterocycles. The summed E-state index contributed by atoms with van der Waals surface area (Å²) in [6.07, 6.45) is 3.47. The van der Waals surface area contributed by atoms with Gasteiger partial charge in [0.25, 0.3) is 0 Å². The fourth-order valence-electron chi connectivity index (χ4n) is 5.04. The molecule has 1 aromatic carbocycles. The standard InChI is InChI=1S/C25H28N4O6S2/c1-14-19(24-18-5-3-2-4-15(18)6-7-34-24)10-22(36-14)23(31)20-11-27-13-28-25(20)29-17-8-16(21(30)9-17)12-35-37(26,32)33/h2-5,10-11,13,16-17,21,24,30H,6-9,12H2,1H3,(H2,26,32,33)(H,27,28,29)/t16-,17-,21+,24+/m1/s1. The molecule has 1 saturated carbocycles. The number of anilines is 1. The summed E-state index contributed by atoms with van der Waals surface area (Å²) < 4.78 is 33.0. The van der Waals surface area contributed by atoms with Crippen molar-refractivity contribution in [3.8, 4) is 0 Å². The fourth-order valence-corrected chi connectivity index (χ4v) is 6.41. The summed E-state index contributed by atoms with van der Waals surface area (Å²) in [5, 5.41) is 18.5. The number of nitrogens with zero attached hydrogens (tertiary/aromatic N) is 2. The van der Waals surface area contributed by atoms with E-state index in [9.17, 15) is 18.3 Å². The minimum atomic E-state index is -4.09. The predicted octanol–water partition coefficient (Wildman–Crippen LogP) is 2.51. The summed E-state index contributed by atoms with van der Waals surface area (Å²) >= 11 is 1.41. The molecule has 2 aliphatic rings. The number of aryl methyl sites for hydroxylation is 1. The van der Waals surface area contributed by atoms with Crippen molar-refractivity contribution >= 4 is 33.2 Å². The van der Waals surface area contributed by atoms with Crippen LogP contribution in [0.25, 0.3) is 0 Å². The quantitative estimate of drug-likeness (QED) is 0.363. The zero-order valence-electron chi connectivity index (χ0n) is 20.2. The van der Waals surface area contributed by atoms with Gasteiger partial charge in [-0.3, -0.25) is 8.98 Å². The van der Waals surface area contributed by atoms with Crippen LogP contribution in [0.3, 0.4) is 0 Å². The lowest BCUT2D eigenvalue weighted by molar-refractivity contribution is 0.0697. The summed E-state index contributed by atoms with van der Waals surface area (Å²) in [7, 11) is -4.09. The Morgan fingerprint density at radius 3 is 2.92 bits per heavy atom. The summed E-state index contributed by atoms with van der Waals surface area (Å²) in [6, 6.07) is 9.87. The molecule has 0 spiro atoms. The predicted molar refractivity (Wildman–Crippen MR) is 138 cm³/mol. The summed E-state index contributed by atoms with van der Waals surface area (Å²) in [5.41, 5.74) is 3.67. The maximum Gasteiger partial charge on any atom is 0.333 e. The first-order chi connectivity index (χ1) is 17.7. The SMILES string of the molecule is Cc1sc(C(=O)c2cncnc2N[C@@H]2C[C@H](COS(N)(=O)=O)[C@@H](O)C2)cc1[C@H]1OCCc2ccccc21. The maximum absolute atomic E-state index is 13.6. The van der Waals surface area contributed by atoms with E-state index in [4.69, 9.17) is 9.88 Å². The molecule has 0 saturated heterocycles. The topological polar surface area (TPSA) is 154 Å². The zero-order valence-corrected chi connectivity index (χ0v) is 21.8. The van der Waals surface area contributed by atoms with Gasteiger partial charge in [0.05, 0.1) is 29.8 Å². The van der Waals surface area contributed by atoms with Gasteiger partial charge in [0, 0.05) is 23.0 Å². The number of rotatable bonds is 8. The molecule has 4 N–H and O–H groups in total. The molecule has 0 unspecified atom stereocenters. The number of hydrogen-bond donors (Lipinski definition) is 3. The summed E-state index contributed by atoms with van der Waals surface area (Å²) in [6.45, 7) is 2.40. The van der Waals surface area contributed by atoms with E-state index < -0.39 is 22.3 Å². The minimum absolute atomic E-state index is 0.209. The molecule has 1 aliphatic carbocycles. The molecule has 12 heteroatoms. The van der Waals surface area contributed by atoms with Crippen LogP contribution in [0.1, 0.15) is 55.7 Å². The van der Waals surface area contributed by atoms with Crippen LogP contribution in [0.2, 0.25) is 0 Å². The highest BCUT2D eigenvalue weighted by Crippen LogP contribution is 2.38. The van der Waals surface area contributed by atoms with E-state index in [1.165, 1.54) is 29.4 Å². The molecule has 1 fully saturated rings. The van der Waals surface area contributed by atoms with Crippen molar-refractivity contribution in [2.75, 3.05) is 18.5 Å². The highest BCUT2D eigenvalue weighted by atomic mass is 32.2. The lowest BCUT2D eigenvalue weighted by Gasteiger charge is -2.26. The van der Waals surface area contributed by atoms with E-state index in [0.29, 0.717) is 35.7 Å². The van der Waals surface area contributed by atoms with Crippen LogP contribution in [-0.4, -0.2) is 54.6 Å². The van der Waals surface area contributed by atoms with Crippen molar-refractivity contribution < 1.29 is 27.2 Å². The lowest BCUT2D eigenvalue weighted by atomic mass is 9.93. The highest BCUT2D eigenvalue weighted by Gasteiger charge is 2.35. The van der Waals surface area contributed by atoms with Crippen molar-refractivity contribution in [3.63, 3.8) is 0 Å². The molecule has 196 valence electrons. The fraction of sp³-hybridized carbons (Fsp3) is 0.400. The molecule has 4 atom stereocenters. The molecule has 0 bridgehead atoms. The number of carbonyl (C=O) groups excluding carboxylic acids is 1. The molecular formula is C25H28N4O6S2. The van der Waals surface area contributed by atoms with Crippen LogP contribution in [0, 0.1) is 12.8 Å². The average molecular weight is 545 g/mol. The molecule has 3 aromatic rings. The molecular weight excluding hydrogens is 516 g/mol. The number of aliphatic hydroxyl groups is 1. The van der Waals surface area contributed by atoms with Crippen LogP contribution in [0.5, 0.6) is 0 Å². The first kappa shape index (κ1) is 25.9. The number of ether oxygens (including phenoxy) is 1. The molecule has 5 rings (SSSR count). The highest BCUT2D eigenvalue weighted by molar-refractivity contribution is 7.84. The van der Waals surface area contributed by atoms with E-state index in [1.54, 1.807) is 0 Å². The zero-order chi connectivity index (χ0) is 26.2. The number of benzene rings is 1. The number of aromatic nitrogens is 2. The minimum Gasteiger partial charge on any atom is -0.393 e. The Hall–Kier alpha value is -2.74. The van der Waals surface area contributed by atoms with Gasteiger partial charge in [-0.1, -0.05) is 24.3 Å². The smallest absolute Gasteiger partial charge is 0.333 e. The van der Waals surface area contributed by atoms with Gasteiger partial charge in [-0.15, -0.1) is 11.3 Å². The Morgan fingerprint density at radius 2 is 2.11 bits per heavy atom. The van der Waals surface area contributed by atoms with Gasteiger partial charge in [-0.25, -0.2) is 15.1 Å². The number of thiophene rings is 1. The van der Waals surface area contributed by atoms with Gasteiger partial charge in [-0.2, -0.15) is 8.42 Å². The first-order valence-corrected chi connectivity index (χ1v) is 14.2. The van der Waals surface area contributed by atoms with E-state index in [1.807, 2.05) is 25.1 Å². The molecule has 3 heterocycles. The third-order valence-electron chi connectivity index (χ3n) is 6.86. The Labute approximate surface area is 219 Å². The number of ketones is 1. The summed E-state index contributed by atoms with van der Waals surface area (Å²) in [5.74, 6) is -0.269. The van der Waals surface area contributed by atoms with Gasteiger partial charge < -0.3 is 15.2 Å². The van der Waals surface area contributed by atoms with Crippen LogP contribution in [0.15, 0.2) is 42.9 Å². The van der Waals surface area contributed by atoms with Gasteiger partial charge in [-0.05, 0) is 48.9 Å². The number of hydrogen-bond acceptors (Lipinski definition) is 10. The third kappa shape index (κ3) is 5.74. The first-order valence-electron chi connectivity index (χ1n) is 12.0. The largest absolute Gasteiger partial charge is 0.393 e. The van der Waals surface area contributed by atoms with E-state index in [-0.39, 0.29) is 24.5 Å². The number of nitrogens with one attached hydrogen (secondary N) is 1. The number of fused-ring (bicyclic) bond motifs is 1. The van der Waals surface area contributed by atoms with E-state index in [0.717, 1.165) is 22.4 Å². The molecule has 2 aromatic heterocycles. The van der Waals surface area contributed by atoms with Crippen molar-refractivity contribution in [1.82, 2.24) is 9.97 Å². The van der Waals surface area contributed by atoms with Crippen LogP contribution in [-0.2, 0) is 25.6 Å². The Morgan fingerprint density at radius 1 is 1.30 bits per heavy atom. The van der Waals surface area contributed by atoms with Gasteiger partial charge >= 0.3 is 10.3 Å². The van der Waals surface area contributed by atoms with Crippen LogP contribution < -0.4 is 10.5 Å². The average Bonchev–Trinajstić information content (AvgIpc) is 3.43. The number of aliphatic hydroxyl groups excluding tert-OH is 1. The number of carbonyl (C=O) groups is 1. The molecule has 0 amide bonds. The van der Waals surface area contributed by atoms with Gasteiger partial charge in [0.15, 0.2) is 0 Å². The van der Waals surface area contributed by atoms with E-state index >= 15 is 0 Å². The maximum atomic E-state index is 13.6. The van der Waals surface area contributed by atoms with Crippen molar-refractivity contribution in [2.24, 2.45) is 11.1 Å².